The largest absolute Gasteiger partial charge is 0.279 e. The van der Waals surface area contributed by atoms with Crippen LogP contribution in [0, 0.1) is 0 Å². The van der Waals surface area contributed by atoms with E-state index in [1.54, 1.807) is 6.21 Å². The molecule has 0 atom stereocenters. The maximum absolute atomic E-state index is 3.87. The summed E-state index contributed by atoms with van der Waals surface area (Å²) >= 11 is 0. The van der Waals surface area contributed by atoms with Gasteiger partial charge in [0.15, 0.2) is 0 Å². The van der Waals surface area contributed by atoms with Crippen LogP contribution in [-0.2, 0) is 0 Å². The molecule has 0 amide bonds. The molecule has 1 aromatic rings. The summed E-state index contributed by atoms with van der Waals surface area (Å²) in [5, 5.41) is 3.87. The van der Waals surface area contributed by atoms with Crippen LogP contribution in [0.15, 0.2) is 35.4 Å². The van der Waals surface area contributed by atoms with Gasteiger partial charge in [0.2, 0.25) is 0 Å². The van der Waals surface area contributed by atoms with Gasteiger partial charge in [0.25, 0.3) is 0 Å². The molecule has 1 N–H and O–H groups in total. The third-order valence-corrected chi connectivity index (χ3v) is 1.10. The third kappa shape index (κ3) is 4.19. The van der Waals surface area contributed by atoms with Crippen molar-refractivity contribution >= 4 is 41.5 Å². The smallest absolute Gasteiger partial charge is 0.0561 e. The Morgan fingerprint density at radius 1 is 1.27 bits per heavy atom. The van der Waals surface area contributed by atoms with E-state index in [0.29, 0.717) is 0 Å². The van der Waals surface area contributed by atoms with E-state index in [-0.39, 0.29) is 29.6 Å². The first-order chi connectivity index (χ1) is 4.93. The number of nitrogens with zero attached hydrogens (tertiary/aromatic N) is 1. The molecule has 0 spiro atoms. The summed E-state index contributed by atoms with van der Waals surface area (Å²) in [5.74, 6) is 0. The molecule has 1 rings (SSSR count). The standard InChI is InChI=1S/C8H10N2.Na/c1-2-9-10-8-6-4-3-5-7-8;/h2-7,10H,1H3;. The molecule has 0 bridgehead atoms. The number of benzene rings is 1. The third-order valence-electron chi connectivity index (χ3n) is 1.10. The molecule has 0 saturated carbocycles. The molecule has 0 unspecified atom stereocenters. The van der Waals surface area contributed by atoms with Crippen LogP contribution < -0.4 is 5.43 Å². The van der Waals surface area contributed by atoms with Crippen molar-refractivity contribution in [3.05, 3.63) is 30.3 Å². The maximum atomic E-state index is 3.87. The zero-order chi connectivity index (χ0) is 7.23. The van der Waals surface area contributed by atoms with Gasteiger partial charge >= 0.3 is 0 Å². The van der Waals surface area contributed by atoms with Crippen LogP contribution in [0.2, 0.25) is 0 Å². The fourth-order valence-corrected chi connectivity index (χ4v) is 0.652. The van der Waals surface area contributed by atoms with Gasteiger partial charge in [0, 0.05) is 35.8 Å². The molecule has 0 fully saturated rings. The Morgan fingerprint density at radius 3 is 2.45 bits per heavy atom. The van der Waals surface area contributed by atoms with E-state index in [1.807, 2.05) is 37.3 Å². The summed E-state index contributed by atoms with van der Waals surface area (Å²) < 4.78 is 0. The Morgan fingerprint density at radius 2 is 1.91 bits per heavy atom. The summed E-state index contributed by atoms with van der Waals surface area (Å²) in [5.41, 5.74) is 3.88. The van der Waals surface area contributed by atoms with Crippen molar-refractivity contribution in [1.29, 1.82) is 0 Å². The van der Waals surface area contributed by atoms with Crippen LogP contribution in [-0.4, -0.2) is 35.8 Å². The number of hydrazone groups is 1. The van der Waals surface area contributed by atoms with E-state index in [0.717, 1.165) is 5.69 Å². The Bertz CT molecular complexity index is 209. The summed E-state index contributed by atoms with van der Waals surface area (Å²) in [4.78, 5) is 0. The fourth-order valence-electron chi connectivity index (χ4n) is 0.652. The SMILES string of the molecule is CC=NNc1ccccc1.[Na]. The average Bonchev–Trinajstić information content (AvgIpc) is 2.03. The molecule has 0 heterocycles. The Kier molecular flexibility index (Phi) is 6.22. The summed E-state index contributed by atoms with van der Waals surface area (Å²) in [6.07, 6.45) is 1.72. The molecular weight excluding hydrogens is 147 g/mol. The molecule has 2 nitrogen and oxygen atoms in total. The minimum atomic E-state index is 0. The first-order valence-corrected chi connectivity index (χ1v) is 3.22. The van der Waals surface area contributed by atoms with Crippen molar-refractivity contribution in [3.8, 4) is 0 Å². The quantitative estimate of drug-likeness (QED) is 0.394. The Labute approximate surface area is 89.0 Å². The molecule has 0 aliphatic carbocycles. The molecule has 3 heteroatoms. The van der Waals surface area contributed by atoms with E-state index in [1.165, 1.54) is 0 Å². The van der Waals surface area contributed by atoms with E-state index in [9.17, 15) is 0 Å². The molecular formula is C8H10N2Na. The first kappa shape index (κ1) is 10.7. The zero-order valence-corrected chi connectivity index (χ0v) is 8.91. The molecule has 0 saturated heterocycles. The van der Waals surface area contributed by atoms with Gasteiger partial charge in [-0.1, -0.05) is 18.2 Å². The topological polar surface area (TPSA) is 24.4 Å². The molecule has 53 valence electrons. The van der Waals surface area contributed by atoms with Crippen LogP contribution in [0.25, 0.3) is 0 Å². The Balaban J connectivity index is 0.000001000. The normalized spacial score (nSPS) is 9.18. The number of para-hydroxylation sites is 1. The van der Waals surface area contributed by atoms with Crippen LogP contribution in [0.1, 0.15) is 6.92 Å². The first-order valence-electron chi connectivity index (χ1n) is 3.22. The van der Waals surface area contributed by atoms with E-state index in [4.69, 9.17) is 0 Å². The number of hydrogen-bond donors (Lipinski definition) is 1. The molecule has 1 aromatic carbocycles. The Hall–Kier alpha value is -0.310. The number of nitrogens with one attached hydrogen (secondary N) is 1. The van der Waals surface area contributed by atoms with Crippen molar-refractivity contribution in [2.75, 3.05) is 5.43 Å². The van der Waals surface area contributed by atoms with Crippen LogP contribution in [0.3, 0.4) is 0 Å². The average molecular weight is 157 g/mol. The van der Waals surface area contributed by atoms with Crippen LogP contribution >= 0.6 is 0 Å². The van der Waals surface area contributed by atoms with Crippen molar-refractivity contribution < 1.29 is 0 Å². The van der Waals surface area contributed by atoms with Gasteiger partial charge < -0.3 is 0 Å². The number of anilines is 1. The minimum Gasteiger partial charge on any atom is -0.279 e. The summed E-state index contributed by atoms with van der Waals surface area (Å²) in [7, 11) is 0. The number of rotatable bonds is 2. The van der Waals surface area contributed by atoms with Crippen molar-refractivity contribution in [2.24, 2.45) is 5.10 Å². The van der Waals surface area contributed by atoms with Gasteiger partial charge in [0.1, 0.15) is 0 Å². The summed E-state index contributed by atoms with van der Waals surface area (Å²) in [6, 6.07) is 9.84. The maximum Gasteiger partial charge on any atom is 0.0561 e. The second kappa shape index (κ2) is 6.40. The van der Waals surface area contributed by atoms with Gasteiger partial charge in [-0.2, -0.15) is 5.10 Å². The van der Waals surface area contributed by atoms with E-state index >= 15 is 0 Å². The van der Waals surface area contributed by atoms with Gasteiger partial charge in [-0.3, -0.25) is 5.43 Å². The van der Waals surface area contributed by atoms with Gasteiger partial charge in [-0.25, -0.2) is 0 Å². The predicted octanol–water partition coefficient (Wildman–Crippen LogP) is 1.72. The fraction of sp³-hybridized carbons (Fsp3) is 0.125. The predicted molar refractivity (Wildman–Crippen MR) is 50.0 cm³/mol. The molecule has 1 radical (unpaired) electrons. The van der Waals surface area contributed by atoms with Crippen molar-refractivity contribution in [2.45, 2.75) is 6.92 Å². The van der Waals surface area contributed by atoms with E-state index < -0.39 is 0 Å². The monoisotopic (exact) mass is 157 g/mol. The van der Waals surface area contributed by atoms with E-state index in [2.05, 4.69) is 10.5 Å². The molecule has 0 aliphatic rings. The zero-order valence-electron chi connectivity index (χ0n) is 6.91. The van der Waals surface area contributed by atoms with Gasteiger partial charge in [0.05, 0.1) is 5.69 Å². The molecule has 0 aromatic heterocycles. The second-order valence-corrected chi connectivity index (χ2v) is 1.87. The van der Waals surface area contributed by atoms with Gasteiger partial charge in [-0.15, -0.1) is 0 Å². The molecule has 0 aliphatic heterocycles. The second-order valence-electron chi connectivity index (χ2n) is 1.87. The van der Waals surface area contributed by atoms with Crippen LogP contribution in [0.4, 0.5) is 5.69 Å². The van der Waals surface area contributed by atoms with Crippen molar-refractivity contribution in [3.63, 3.8) is 0 Å². The number of hydrogen-bond acceptors (Lipinski definition) is 2. The van der Waals surface area contributed by atoms with Gasteiger partial charge in [-0.05, 0) is 19.1 Å². The minimum absolute atomic E-state index is 0. The van der Waals surface area contributed by atoms with Crippen LogP contribution in [0.5, 0.6) is 0 Å². The summed E-state index contributed by atoms with van der Waals surface area (Å²) in [6.45, 7) is 1.87. The molecule has 11 heavy (non-hydrogen) atoms. The van der Waals surface area contributed by atoms with Crippen molar-refractivity contribution in [1.82, 2.24) is 0 Å².